The maximum atomic E-state index is 13.6. The number of amides is 3. The van der Waals surface area contributed by atoms with Gasteiger partial charge in [-0.1, -0.05) is 47.6 Å². The number of anilines is 1. The predicted molar refractivity (Wildman–Crippen MR) is 159 cm³/mol. The number of aromatic nitrogens is 3. The molecule has 5 rings (SSSR count). The first-order valence-electron chi connectivity index (χ1n) is 13.2. The van der Waals surface area contributed by atoms with Crippen LogP contribution in [-0.4, -0.2) is 50.5 Å². The van der Waals surface area contributed by atoms with E-state index in [0.29, 0.717) is 21.7 Å². The number of nitrogens with one attached hydrogen (secondary N) is 1. The SMILES string of the molecule is N#CC(CNC(=O)/N=C1\SCC(=O)N1c1cc(Cl)ccc1C(F)(F)F)c1ccc(-c2ncn(-c3ccc(OC(F)(F)F)cc3)n2)cc1. The van der Waals surface area contributed by atoms with Gasteiger partial charge in [0.2, 0.25) is 5.91 Å². The first-order valence-corrected chi connectivity index (χ1v) is 14.5. The van der Waals surface area contributed by atoms with Crippen molar-refractivity contribution < 1.29 is 40.7 Å². The quantitative estimate of drug-likeness (QED) is 0.208. The zero-order valence-electron chi connectivity index (χ0n) is 23.4. The largest absolute Gasteiger partial charge is 0.573 e. The molecule has 2 heterocycles. The first kappa shape index (κ1) is 33.3. The topological polar surface area (TPSA) is 126 Å². The molecule has 1 unspecified atom stereocenters. The second-order valence-electron chi connectivity index (χ2n) is 9.62. The van der Waals surface area contributed by atoms with Crippen LogP contribution in [0.4, 0.5) is 36.8 Å². The predicted octanol–water partition coefficient (Wildman–Crippen LogP) is 6.96. The molecule has 1 fully saturated rings. The van der Waals surface area contributed by atoms with Crippen molar-refractivity contribution in [3.63, 3.8) is 0 Å². The minimum Gasteiger partial charge on any atom is -0.406 e. The Morgan fingerprint density at radius 2 is 1.79 bits per heavy atom. The van der Waals surface area contributed by atoms with Crippen molar-refractivity contribution in [2.24, 2.45) is 4.99 Å². The average Bonchev–Trinajstić information content (AvgIpc) is 3.64. The summed E-state index contributed by atoms with van der Waals surface area (Å²) in [6.45, 7) is -0.212. The van der Waals surface area contributed by atoms with E-state index in [9.17, 15) is 41.2 Å². The Kier molecular flexibility index (Phi) is 9.45. The summed E-state index contributed by atoms with van der Waals surface area (Å²) < 4.78 is 83.3. The summed E-state index contributed by atoms with van der Waals surface area (Å²) in [5.74, 6) is -1.93. The van der Waals surface area contributed by atoms with E-state index < -0.39 is 41.6 Å². The Labute approximate surface area is 270 Å². The molecule has 1 atom stereocenters. The highest BCUT2D eigenvalue weighted by Crippen LogP contribution is 2.40. The number of thioether (sulfide) groups is 1. The van der Waals surface area contributed by atoms with E-state index in [4.69, 9.17) is 11.6 Å². The van der Waals surface area contributed by atoms with E-state index >= 15 is 0 Å². The number of nitriles is 1. The summed E-state index contributed by atoms with van der Waals surface area (Å²) in [5, 5.41) is 16.1. The van der Waals surface area contributed by atoms with E-state index in [1.54, 1.807) is 24.3 Å². The molecule has 18 heteroatoms. The fourth-order valence-corrected chi connectivity index (χ4v) is 5.37. The molecule has 1 N–H and O–H groups in total. The Morgan fingerprint density at radius 3 is 2.43 bits per heavy atom. The van der Waals surface area contributed by atoms with Crippen LogP contribution in [0, 0.1) is 11.3 Å². The summed E-state index contributed by atoms with van der Waals surface area (Å²) in [6, 6.07) is 15.3. The molecule has 3 aromatic carbocycles. The average molecular weight is 694 g/mol. The number of halogens is 7. The minimum absolute atomic E-state index is 0.0540. The van der Waals surface area contributed by atoms with E-state index in [0.717, 1.165) is 42.1 Å². The molecular weight excluding hydrogens is 676 g/mol. The van der Waals surface area contributed by atoms with Crippen molar-refractivity contribution in [3.05, 3.63) is 89.2 Å². The van der Waals surface area contributed by atoms with Gasteiger partial charge in [0.15, 0.2) is 11.0 Å². The summed E-state index contributed by atoms with van der Waals surface area (Å²) in [7, 11) is 0. The van der Waals surface area contributed by atoms with E-state index in [-0.39, 0.29) is 34.1 Å². The highest BCUT2D eigenvalue weighted by atomic mass is 35.5. The van der Waals surface area contributed by atoms with Gasteiger partial charge in [-0.25, -0.2) is 14.5 Å². The fourth-order valence-electron chi connectivity index (χ4n) is 4.35. The van der Waals surface area contributed by atoms with Gasteiger partial charge in [0.25, 0.3) is 0 Å². The summed E-state index contributed by atoms with van der Waals surface area (Å²) >= 11 is 6.67. The van der Waals surface area contributed by atoms with Gasteiger partial charge < -0.3 is 10.1 Å². The molecule has 0 bridgehead atoms. The summed E-state index contributed by atoms with van der Waals surface area (Å²) in [4.78, 5) is 33.8. The lowest BCUT2D eigenvalue weighted by Crippen LogP contribution is -2.33. The lowest BCUT2D eigenvalue weighted by Gasteiger charge is -2.21. The van der Waals surface area contributed by atoms with Gasteiger partial charge >= 0.3 is 18.6 Å². The van der Waals surface area contributed by atoms with E-state index in [2.05, 4.69) is 31.2 Å². The van der Waals surface area contributed by atoms with Gasteiger partial charge in [-0.05, 0) is 48.0 Å². The van der Waals surface area contributed by atoms with Gasteiger partial charge in [0, 0.05) is 17.1 Å². The number of nitrogens with zero attached hydrogens (tertiary/aromatic N) is 6. The van der Waals surface area contributed by atoms with Crippen molar-refractivity contribution in [2.75, 3.05) is 17.2 Å². The number of urea groups is 1. The van der Waals surface area contributed by atoms with Gasteiger partial charge in [-0.2, -0.15) is 23.4 Å². The van der Waals surface area contributed by atoms with Gasteiger partial charge in [0.1, 0.15) is 12.1 Å². The third kappa shape index (κ3) is 8.02. The van der Waals surface area contributed by atoms with Crippen LogP contribution in [0.15, 0.2) is 78.0 Å². The minimum atomic E-state index is -4.82. The normalized spacial score (nSPS) is 15.1. The van der Waals surface area contributed by atoms with Crippen molar-refractivity contribution >= 4 is 46.2 Å². The number of hydrogen-bond acceptors (Lipinski definition) is 7. The maximum Gasteiger partial charge on any atom is 0.573 e. The van der Waals surface area contributed by atoms with Crippen LogP contribution in [0.25, 0.3) is 17.1 Å². The Bertz CT molecular complexity index is 1870. The van der Waals surface area contributed by atoms with Gasteiger partial charge in [-0.15, -0.1) is 18.3 Å². The molecule has 47 heavy (non-hydrogen) atoms. The number of aliphatic imine (C=N–C) groups is 1. The lowest BCUT2D eigenvalue weighted by atomic mass is 9.99. The molecule has 1 aliphatic rings. The molecule has 4 aromatic rings. The number of amidine groups is 1. The van der Waals surface area contributed by atoms with E-state index in [1.807, 2.05) is 0 Å². The van der Waals surface area contributed by atoms with Gasteiger partial charge in [-0.3, -0.25) is 9.69 Å². The van der Waals surface area contributed by atoms with Crippen LogP contribution in [-0.2, 0) is 11.0 Å². The fraction of sp³-hybridized carbons (Fsp3) is 0.172. The Hall–Kier alpha value is -5.08. The molecule has 1 saturated heterocycles. The van der Waals surface area contributed by atoms with Crippen LogP contribution in [0.5, 0.6) is 5.75 Å². The van der Waals surface area contributed by atoms with Crippen LogP contribution in [0.2, 0.25) is 5.02 Å². The molecule has 3 amide bonds. The van der Waals surface area contributed by atoms with Crippen molar-refractivity contribution in [3.8, 4) is 28.9 Å². The monoisotopic (exact) mass is 693 g/mol. The van der Waals surface area contributed by atoms with Crippen molar-refractivity contribution in [1.29, 1.82) is 5.26 Å². The maximum absolute atomic E-state index is 13.6. The van der Waals surface area contributed by atoms with Crippen LogP contribution < -0.4 is 15.0 Å². The number of benzene rings is 3. The number of rotatable bonds is 7. The van der Waals surface area contributed by atoms with Crippen LogP contribution >= 0.6 is 23.4 Å². The molecule has 0 saturated carbocycles. The number of ether oxygens (including phenoxy) is 1. The molecule has 0 radical (unpaired) electrons. The number of carbonyl (C=O) groups is 2. The second kappa shape index (κ2) is 13.3. The molecular formula is C29H18ClF6N7O3S. The van der Waals surface area contributed by atoms with Gasteiger partial charge in [0.05, 0.1) is 34.7 Å². The molecule has 0 aliphatic carbocycles. The Balaban J connectivity index is 1.24. The first-order chi connectivity index (χ1) is 22.2. The lowest BCUT2D eigenvalue weighted by molar-refractivity contribution is -0.274. The molecule has 1 aliphatic heterocycles. The molecule has 10 nitrogen and oxygen atoms in total. The standard InChI is InChI=1S/C29H18ClF6N7O3S/c30-19-5-10-22(28(31,32)33)23(11-19)43-24(44)14-47-27(43)40-26(45)38-13-18(12-37)16-1-3-17(4-2-16)25-39-15-42(41-25)20-6-8-21(9-7-20)46-29(34,35)36/h1-11,15,18H,13-14H2,(H,38,45)/b40-27-. The van der Waals surface area contributed by atoms with Crippen molar-refractivity contribution in [2.45, 2.75) is 18.5 Å². The van der Waals surface area contributed by atoms with Crippen LogP contribution in [0.3, 0.4) is 0 Å². The smallest absolute Gasteiger partial charge is 0.406 e. The third-order valence-corrected chi connectivity index (χ3v) is 7.64. The molecule has 242 valence electrons. The Morgan fingerprint density at radius 1 is 1.09 bits per heavy atom. The summed E-state index contributed by atoms with van der Waals surface area (Å²) in [6.07, 6.45) is -8.26. The third-order valence-electron chi connectivity index (χ3n) is 6.48. The second-order valence-corrected chi connectivity index (χ2v) is 11.0. The van der Waals surface area contributed by atoms with Crippen LogP contribution in [0.1, 0.15) is 17.0 Å². The molecule has 0 spiro atoms. The highest BCUT2D eigenvalue weighted by molar-refractivity contribution is 8.15. The zero-order valence-corrected chi connectivity index (χ0v) is 25.0. The van der Waals surface area contributed by atoms with E-state index in [1.165, 1.54) is 23.1 Å². The number of alkyl halides is 6. The molecule has 1 aromatic heterocycles. The number of hydrogen-bond donors (Lipinski definition) is 1. The number of carbonyl (C=O) groups excluding carboxylic acids is 2. The zero-order chi connectivity index (χ0) is 33.9. The van der Waals surface area contributed by atoms with Crippen molar-refractivity contribution in [1.82, 2.24) is 20.1 Å². The summed E-state index contributed by atoms with van der Waals surface area (Å²) in [5.41, 5.74) is -0.206. The highest BCUT2D eigenvalue weighted by Gasteiger charge is 2.40.